The average molecular weight is 168 g/mol. The molecule has 0 spiro atoms. The van der Waals surface area contributed by atoms with Crippen LogP contribution < -0.4 is 0 Å². The van der Waals surface area contributed by atoms with Crippen LogP contribution >= 0.6 is 0 Å². The Hall–Kier alpha value is -0.590. The summed E-state index contributed by atoms with van der Waals surface area (Å²) in [5, 5.41) is 0. The summed E-state index contributed by atoms with van der Waals surface area (Å²) in [7, 11) is 0. The van der Waals surface area contributed by atoms with Crippen LogP contribution in [0.15, 0.2) is 11.6 Å². The first-order valence-electron chi connectivity index (χ1n) is 4.99. The zero-order chi connectivity index (χ0) is 9.23. The minimum Gasteiger partial charge on any atom is -0.298 e. The van der Waals surface area contributed by atoms with Gasteiger partial charge in [-0.25, -0.2) is 0 Å². The van der Waals surface area contributed by atoms with Crippen LogP contribution in [0.3, 0.4) is 0 Å². The summed E-state index contributed by atoms with van der Waals surface area (Å²) in [5.74, 6) is 0. The molecule has 0 N–H and O–H groups in total. The van der Waals surface area contributed by atoms with Crippen molar-refractivity contribution >= 4 is 6.29 Å². The highest BCUT2D eigenvalue weighted by Crippen LogP contribution is 2.08. The molecule has 0 amide bonds. The third-order valence-electron chi connectivity index (χ3n) is 1.92. The fourth-order valence-corrected chi connectivity index (χ4v) is 1.12. The Morgan fingerprint density at radius 3 is 2.42 bits per heavy atom. The van der Waals surface area contributed by atoms with Crippen molar-refractivity contribution in [3.63, 3.8) is 0 Å². The summed E-state index contributed by atoms with van der Waals surface area (Å²) in [6.07, 6.45) is 9.83. The maximum atomic E-state index is 10.5. The molecule has 0 rings (SSSR count). The fraction of sp³-hybridized carbons (Fsp3) is 0.727. The van der Waals surface area contributed by atoms with Crippen molar-refractivity contribution in [3.8, 4) is 0 Å². The van der Waals surface area contributed by atoms with Crippen molar-refractivity contribution < 1.29 is 4.79 Å². The first-order chi connectivity index (χ1) is 5.85. The van der Waals surface area contributed by atoms with Crippen molar-refractivity contribution in [1.82, 2.24) is 0 Å². The molecule has 0 aliphatic heterocycles. The Kier molecular flexibility index (Phi) is 8.09. The maximum Gasteiger partial charge on any atom is 0.145 e. The number of hydrogen-bond acceptors (Lipinski definition) is 1. The molecule has 0 bridgehead atoms. The van der Waals surface area contributed by atoms with Gasteiger partial charge in [0.25, 0.3) is 0 Å². The molecule has 0 atom stereocenters. The number of rotatable bonds is 7. The van der Waals surface area contributed by atoms with E-state index in [-0.39, 0.29) is 0 Å². The van der Waals surface area contributed by atoms with Gasteiger partial charge in [0.15, 0.2) is 0 Å². The molecule has 0 aliphatic rings. The van der Waals surface area contributed by atoms with Gasteiger partial charge in [0.2, 0.25) is 0 Å². The van der Waals surface area contributed by atoms with Gasteiger partial charge in [-0.15, -0.1) is 0 Å². The van der Waals surface area contributed by atoms with Crippen molar-refractivity contribution in [2.75, 3.05) is 0 Å². The molecular weight excluding hydrogens is 148 g/mol. The van der Waals surface area contributed by atoms with E-state index in [1.54, 1.807) is 0 Å². The van der Waals surface area contributed by atoms with Gasteiger partial charge in [0.1, 0.15) is 6.29 Å². The molecule has 0 fully saturated rings. The third-order valence-corrected chi connectivity index (χ3v) is 1.92. The van der Waals surface area contributed by atoms with E-state index in [1.807, 2.05) is 0 Å². The second-order valence-corrected chi connectivity index (χ2v) is 3.14. The van der Waals surface area contributed by atoms with Crippen LogP contribution in [0.2, 0.25) is 0 Å². The summed E-state index contributed by atoms with van der Waals surface area (Å²) in [6.45, 7) is 4.31. The first-order valence-corrected chi connectivity index (χ1v) is 4.99. The molecule has 0 radical (unpaired) electrons. The normalized spacial score (nSPS) is 11.7. The molecule has 1 heteroatoms. The van der Waals surface area contributed by atoms with Crippen LogP contribution in [0.25, 0.3) is 0 Å². The van der Waals surface area contributed by atoms with Crippen LogP contribution in [-0.4, -0.2) is 6.29 Å². The number of unbranched alkanes of at least 4 members (excludes halogenated alkanes) is 3. The molecule has 70 valence electrons. The predicted octanol–water partition coefficient (Wildman–Crippen LogP) is 3.49. The van der Waals surface area contributed by atoms with Crippen LogP contribution in [0.5, 0.6) is 0 Å². The van der Waals surface area contributed by atoms with Crippen molar-refractivity contribution in [2.45, 2.75) is 52.4 Å². The second kappa shape index (κ2) is 8.51. The number of allylic oxidation sites excluding steroid dienone is 2. The minimum atomic E-state index is 0.970. The molecule has 0 aromatic heterocycles. The highest BCUT2D eigenvalue weighted by Gasteiger charge is 1.93. The van der Waals surface area contributed by atoms with Crippen LogP contribution in [0.4, 0.5) is 0 Å². The van der Waals surface area contributed by atoms with E-state index >= 15 is 0 Å². The highest BCUT2D eigenvalue weighted by molar-refractivity contribution is 5.72. The molecule has 0 heterocycles. The lowest BCUT2D eigenvalue weighted by Crippen LogP contribution is -1.85. The molecule has 12 heavy (non-hydrogen) atoms. The number of carbonyl (C=O) groups excluding carboxylic acids is 1. The summed E-state index contributed by atoms with van der Waals surface area (Å²) in [4.78, 5) is 10.5. The zero-order valence-corrected chi connectivity index (χ0v) is 8.31. The van der Waals surface area contributed by atoms with Gasteiger partial charge >= 0.3 is 0 Å². The van der Waals surface area contributed by atoms with Gasteiger partial charge in [-0.2, -0.15) is 0 Å². The SMILES string of the molecule is CCC/C=C(/C=O)CCCCC. The molecule has 0 unspecified atom stereocenters. The van der Waals surface area contributed by atoms with Gasteiger partial charge in [-0.1, -0.05) is 39.2 Å². The number of carbonyl (C=O) groups is 1. The summed E-state index contributed by atoms with van der Waals surface area (Å²) in [5.41, 5.74) is 0.991. The Morgan fingerprint density at radius 1 is 1.17 bits per heavy atom. The summed E-state index contributed by atoms with van der Waals surface area (Å²) < 4.78 is 0. The Labute approximate surface area is 75.9 Å². The summed E-state index contributed by atoms with van der Waals surface area (Å²) in [6, 6.07) is 0. The van der Waals surface area contributed by atoms with Gasteiger partial charge in [-0.05, 0) is 24.8 Å². The molecule has 1 nitrogen and oxygen atoms in total. The first kappa shape index (κ1) is 11.4. The molecule has 0 saturated heterocycles. The smallest absolute Gasteiger partial charge is 0.145 e. The van der Waals surface area contributed by atoms with Gasteiger partial charge in [-0.3, -0.25) is 4.79 Å². The van der Waals surface area contributed by atoms with Crippen molar-refractivity contribution in [3.05, 3.63) is 11.6 Å². The molecule has 0 aromatic rings. The van der Waals surface area contributed by atoms with Gasteiger partial charge in [0, 0.05) is 0 Å². The lowest BCUT2D eigenvalue weighted by atomic mass is 10.1. The Balaban J connectivity index is 3.59. The van der Waals surface area contributed by atoms with E-state index in [0.717, 1.165) is 37.5 Å². The summed E-state index contributed by atoms with van der Waals surface area (Å²) >= 11 is 0. The zero-order valence-electron chi connectivity index (χ0n) is 8.31. The minimum absolute atomic E-state index is 0.970. The fourth-order valence-electron chi connectivity index (χ4n) is 1.12. The van der Waals surface area contributed by atoms with Crippen LogP contribution in [-0.2, 0) is 4.79 Å². The largest absolute Gasteiger partial charge is 0.298 e. The monoisotopic (exact) mass is 168 g/mol. The van der Waals surface area contributed by atoms with Crippen molar-refractivity contribution in [1.29, 1.82) is 0 Å². The van der Waals surface area contributed by atoms with E-state index in [9.17, 15) is 4.79 Å². The second-order valence-electron chi connectivity index (χ2n) is 3.14. The van der Waals surface area contributed by atoms with Crippen LogP contribution in [0.1, 0.15) is 52.4 Å². The molecule has 0 saturated carbocycles. The molecular formula is C11H20O. The van der Waals surface area contributed by atoms with E-state index in [1.165, 1.54) is 12.8 Å². The topological polar surface area (TPSA) is 17.1 Å². The number of hydrogen-bond donors (Lipinski definition) is 0. The van der Waals surface area contributed by atoms with Crippen LogP contribution in [0, 0.1) is 0 Å². The predicted molar refractivity (Wildman–Crippen MR) is 53.2 cm³/mol. The quantitative estimate of drug-likeness (QED) is 0.323. The Bertz CT molecular complexity index is 136. The third kappa shape index (κ3) is 6.14. The lowest BCUT2D eigenvalue weighted by Gasteiger charge is -1.98. The highest BCUT2D eigenvalue weighted by atomic mass is 16.1. The van der Waals surface area contributed by atoms with Crippen molar-refractivity contribution in [2.24, 2.45) is 0 Å². The van der Waals surface area contributed by atoms with E-state index in [0.29, 0.717) is 0 Å². The van der Waals surface area contributed by atoms with E-state index in [2.05, 4.69) is 19.9 Å². The Morgan fingerprint density at radius 2 is 1.92 bits per heavy atom. The maximum absolute atomic E-state index is 10.5. The van der Waals surface area contributed by atoms with Gasteiger partial charge in [0.05, 0.1) is 0 Å². The lowest BCUT2D eigenvalue weighted by molar-refractivity contribution is -0.105. The number of aldehydes is 1. The standard InChI is InChI=1S/C11H20O/c1-3-5-7-9-11(10-12)8-6-4-2/h8,10H,3-7,9H2,1-2H3/b11-8+. The molecule has 0 aliphatic carbocycles. The van der Waals surface area contributed by atoms with E-state index < -0.39 is 0 Å². The van der Waals surface area contributed by atoms with E-state index in [4.69, 9.17) is 0 Å². The molecule has 0 aromatic carbocycles. The average Bonchev–Trinajstić information content (AvgIpc) is 2.11. The van der Waals surface area contributed by atoms with Gasteiger partial charge < -0.3 is 0 Å².